The molecular formula is C14H28N2O3S. The number of nitrogens with zero attached hydrogens (tertiary/aromatic N) is 1. The van der Waals surface area contributed by atoms with E-state index in [0.29, 0.717) is 13.1 Å². The van der Waals surface area contributed by atoms with Crippen LogP contribution in [0.15, 0.2) is 0 Å². The molecule has 1 heterocycles. The summed E-state index contributed by atoms with van der Waals surface area (Å²) in [5.41, 5.74) is 0. The smallest absolute Gasteiger partial charge is 0.225 e. The number of primary sulfonamides is 1. The summed E-state index contributed by atoms with van der Waals surface area (Å²) in [5.74, 6) is 0.520. The fourth-order valence-corrected chi connectivity index (χ4v) is 3.85. The van der Waals surface area contributed by atoms with Crippen LogP contribution in [-0.4, -0.2) is 38.1 Å². The van der Waals surface area contributed by atoms with Gasteiger partial charge in [0.25, 0.3) is 0 Å². The first kappa shape index (κ1) is 17.4. The Morgan fingerprint density at radius 3 is 2.35 bits per heavy atom. The number of carbonyl (C=O) groups is 1. The fraction of sp³-hybridized carbons (Fsp3) is 0.929. The number of nitrogens with two attached hydrogens (primary N) is 1. The van der Waals surface area contributed by atoms with Gasteiger partial charge in [-0.15, -0.1) is 0 Å². The first-order valence-corrected chi connectivity index (χ1v) is 9.38. The minimum absolute atomic E-state index is 0.0437. The molecule has 0 saturated carbocycles. The summed E-state index contributed by atoms with van der Waals surface area (Å²) in [7, 11) is -3.40. The first-order valence-electron chi connectivity index (χ1n) is 7.66. The van der Waals surface area contributed by atoms with Crippen molar-refractivity contribution in [3.05, 3.63) is 0 Å². The van der Waals surface area contributed by atoms with E-state index in [1.54, 1.807) is 0 Å². The highest BCUT2D eigenvalue weighted by molar-refractivity contribution is 7.89. The van der Waals surface area contributed by atoms with E-state index < -0.39 is 10.0 Å². The number of rotatable bonds is 7. The quantitative estimate of drug-likeness (QED) is 0.777. The minimum Gasteiger partial charge on any atom is -0.342 e. The highest BCUT2D eigenvalue weighted by atomic mass is 32.2. The van der Waals surface area contributed by atoms with Gasteiger partial charge >= 0.3 is 0 Å². The normalized spacial score (nSPS) is 19.1. The van der Waals surface area contributed by atoms with Crippen LogP contribution in [0.3, 0.4) is 0 Å². The molecule has 20 heavy (non-hydrogen) atoms. The van der Waals surface area contributed by atoms with Gasteiger partial charge in [-0.2, -0.15) is 0 Å². The van der Waals surface area contributed by atoms with Gasteiger partial charge in [0.1, 0.15) is 0 Å². The van der Waals surface area contributed by atoms with Crippen molar-refractivity contribution in [1.82, 2.24) is 4.90 Å². The Bertz CT molecular complexity index is 401. The van der Waals surface area contributed by atoms with Crippen molar-refractivity contribution in [3.8, 4) is 0 Å². The molecule has 1 saturated heterocycles. The lowest BCUT2D eigenvalue weighted by Crippen LogP contribution is -2.43. The lowest BCUT2D eigenvalue weighted by Gasteiger charge is -2.33. The molecule has 2 N–H and O–H groups in total. The van der Waals surface area contributed by atoms with Crippen LogP contribution in [0.4, 0.5) is 0 Å². The predicted octanol–water partition coefficient (Wildman–Crippen LogP) is 1.73. The molecule has 0 unspecified atom stereocenters. The molecule has 1 fully saturated rings. The van der Waals surface area contributed by atoms with Crippen LogP contribution in [-0.2, 0) is 14.8 Å². The summed E-state index contributed by atoms with van der Waals surface area (Å²) in [4.78, 5) is 14.3. The standard InChI is InChI=1S/C14H28N2O3S/c1-3-5-6-13(4-2)14(17)16-9-7-12(8-10-16)11-20(15,18)19/h12-13H,3-11H2,1-2H3,(H2,15,18,19)/t13-/m0/s1. The molecule has 1 rings (SSSR count). The number of amides is 1. The molecule has 118 valence electrons. The van der Waals surface area contributed by atoms with Gasteiger partial charge in [-0.1, -0.05) is 26.7 Å². The van der Waals surface area contributed by atoms with Gasteiger partial charge in [0.05, 0.1) is 5.75 Å². The topological polar surface area (TPSA) is 80.5 Å². The number of hydrogen-bond acceptors (Lipinski definition) is 3. The molecule has 5 nitrogen and oxygen atoms in total. The zero-order chi connectivity index (χ0) is 15.2. The molecule has 0 aromatic carbocycles. The van der Waals surface area contributed by atoms with Crippen molar-refractivity contribution < 1.29 is 13.2 Å². The van der Waals surface area contributed by atoms with Crippen LogP contribution < -0.4 is 5.14 Å². The van der Waals surface area contributed by atoms with Crippen LogP contribution in [0.2, 0.25) is 0 Å². The maximum atomic E-state index is 12.4. The van der Waals surface area contributed by atoms with Crippen molar-refractivity contribution in [1.29, 1.82) is 0 Å². The molecule has 6 heteroatoms. The Kier molecular flexibility index (Phi) is 6.95. The number of carbonyl (C=O) groups excluding carboxylic acids is 1. The summed E-state index contributed by atoms with van der Waals surface area (Å²) in [6.07, 6.45) is 5.53. The molecule has 0 aromatic heterocycles. The second-order valence-corrected chi connectivity index (χ2v) is 7.50. The van der Waals surface area contributed by atoms with Gasteiger partial charge in [0.15, 0.2) is 0 Å². The fourth-order valence-electron chi connectivity index (χ4n) is 2.86. The third-order valence-corrected chi connectivity index (χ3v) is 5.08. The van der Waals surface area contributed by atoms with Crippen LogP contribution in [0.25, 0.3) is 0 Å². The maximum Gasteiger partial charge on any atom is 0.225 e. The highest BCUT2D eigenvalue weighted by Crippen LogP contribution is 2.22. The Balaban J connectivity index is 2.45. The molecule has 0 spiro atoms. The second kappa shape index (κ2) is 7.98. The Hall–Kier alpha value is -0.620. The van der Waals surface area contributed by atoms with Gasteiger partial charge in [-0.25, -0.2) is 13.6 Å². The number of piperidine rings is 1. The Morgan fingerprint density at radius 2 is 1.90 bits per heavy atom. The summed E-state index contributed by atoms with van der Waals surface area (Å²) in [6.45, 7) is 5.53. The summed E-state index contributed by atoms with van der Waals surface area (Å²) < 4.78 is 22.2. The largest absolute Gasteiger partial charge is 0.342 e. The van der Waals surface area contributed by atoms with Gasteiger partial charge in [0, 0.05) is 19.0 Å². The summed E-state index contributed by atoms with van der Waals surface area (Å²) >= 11 is 0. The molecule has 1 amide bonds. The third-order valence-electron chi connectivity index (χ3n) is 4.14. The third kappa shape index (κ3) is 5.79. The van der Waals surface area contributed by atoms with Crippen LogP contribution in [0, 0.1) is 11.8 Å². The van der Waals surface area contributed by atoms with Crippen molar-refractivity contribution in [2.24, 2.45) is 17.0 Å². The molecule has 1 aliphatic heterocycles. The molecule has 1 atom stereocenters. The van der Waals surface area contributed by atoms with E-state index in [9.17, 15) is 13.2 Å². The van der Waals surface area contributed by atoms with Crippen molar-refractivity contribution in [2.75, 3.05) is 18.8 Å². The molecule has 0 radical (unpaired) electrons. The Labute approximate surface area is 122 Å². The average Bonchev–Trinajstić information content (AvgIpc) is 2.38. The lowest BCUT2D eigenvalue weighted by molar-refractivity contribution is -0.137. The van der Waals surface area contributed by atoms with E-state index in [1.165, 1.54) is 0 Å². The monoisotopic (exact) mass is 304 g/mol. The van der Waals surface area contributed by atoms with Crippen LogP contribution in [0.5, 0.6) is 0 Å². The highest BCUT2D eigenvalue weighted by Gasteiger charge is 2.28. The van der Waals surface area contributed by atoms with E-state index in [-0.39, 0.29) is 23.5 Å². The SMILES string of the molecule is CCCC[C@H](CC)C(=O)N1CCC(CS(N)(=O)=O)CC1. The summed E-state index contributed by atoms with van der Waals surface area (Å²) in [5, 5.41) is 5.08. The van der Waals surface area contributed by atoms with E-state index in [2.05, 4.69) is 13.8 Å². The minimum atomic E-state index is -3.40. The molecule has 0 aromatic rings. The summed E-state index contributed by atoms with van der Waals surface area (Å²) in [6, 6.07) is 0. The van der Waals surface area contributed by atoms with Crippen molar-refractivity contribution in [2.45, 2.75) is 52.4 Å². The van der Waals surface area contributed by atoms with Gasteiger partial charge in [-0.05, 0) is 31.6 Å². The predicted molar refractivity (Wildman–Crippen MR) is 80.6 cm³/mol. The zero-order valence-corrected chi connectivity index (χ0v) is 13.5. The average molecular weight is 304 g/mol. The van der Waals surface area contributed by atoms with E-state index >= 15 is 0 Å². The second-order valence-electron chi connectivity index (χ2n) is 5.85. The molecule has 0 bridgehead atoms. The number of hydrogen-bond donors (Lipinski definition) is 1. The number of likely N-dealkylation sites (tertiary alicyclic amines) is 1. The van der Waals surface area contributed by atoms with Gasteiger partial charge in [0.2, 0.25) is 15.9 Å². The zero-order valence-electron chi connectivity index (χ0n) is 12.7. The molecular weight excluding hydrogens is 276 g/mol. The van der Waals surface area contributed by atoms with Crippen molar-refractivity contribution in [3.63, 3.8) is 0 Å². The first-order chi connectivity index (χ1) is 9.37. The van der Waals surface area contributed by atoms with Crippen LogP contribution in [0.1, 0.15) is 52.4 Å². The Morgan fingerprint density at radius 1 is 1.30 bits per heavy atom. The van der Waals surface area contributed by atoms with Gasteiger partial charge < -0.3 is 4.90 Å². The van der Waals surface area contributed by atoms with Gasteiger partial charge in [-0.3, -0.25) is 4.79 Å². The van der Waals surface area contributed by atoms with E-state index in [1.807, 2.05) is 4.90 Å². The van der Waals surface area contributed by atoms with E-state index in [4.69, 9.17) is 5.14 Å². The van der Waals surface area contributed by atoms with E-state index in [0.717, 1.165) is 38.5 Å². The molecule has 0 aliphatic carbocycles. The lowest BCUT2D eigenvalue weighted by atomic mass is 9.94. The number of unbranched alkanes of at least 4 members (excludes halogenated alkanes) is 1. The number of sulfonamides is 1. The van der Waals surface area contributed by atoms with Crippen LogP contribution >= 0.6 is 0 Å². The maximum absolute atomic E-state index is 12.4. The van der Waals surface area contributed by atoms with Crippen molar-refractivity contribution >= 4 is 15.9 Å². The molecule has 1 aliphatic rings.